The van der Waals surface area contributed by atoms with Crippen LogP contribution in [0.25, 0.3) is 0 Å². The Morgan fingerprint density at radius 1 is 1.62 bits per heavy atom. The number of nitrogens with one attached hydrogen (secondary N) is 2. The van der Waals surface area contributed by atoms with Gasteiger partial charge in [0, 0.05) is 24.7 Å². The van der Waals surface area contributed by atoms with Crippen LogP contribution >= 0.6 is 11.3 Å². The Kier molecular flexibility index (Phi) is 5.99. The number of methoxy groups -OCH3 is 1. The van der Waals surface area contributed by atoms with Gasteiger partial charge in [-0.2, -0.15) is 0 Å². The molecule has 1 amide bonds. The number of carbonyl (C=O) groups is 1. The summed E-state index contributed by atoms with van der Waals surface area (Å²) in [5.74, 6) is -0.0758. The highest BCUT2D eigenvalue weighted by Crippen LogP contribution is 2.17. The van der Waals surface area contributed by atoms with Crippen LogP contribution in [-0.2, 0) is 16.0 Å². The molecule has 1 aromatic heterocycles. The third-order valence-electron chi connectivity index (χ3n) is 1.92. The SMILES string of the molecule is CCc1cnc(NC(=O)CNCCOC)s1. The first-order valence-electron chi connectivity index (χ1n) is 5.20. The molecule has 2 N–H and O–H groups in total. The smallest absolute Gasteiger partial charge is 0.240 e. The average Bonchev–Trinajstić information content (AvgIpc) is 2.72. The van der Waals surface area contributed by atoms with Crippen molar-refractivity contribution in [3.8, 4) is 0 Å². The molecule has 0 bridgehead atoms. The predicted octanol–water partition coefficient (Wildman–Crippen LogP) is 0.880. The fourth-order valence-electron chi connectivity index (χ4n) is 1.07. The molecule has 0 aliphatic heterocycles. The van der Waals surface area contributed by atoms with Crippen LogP contribution in [0.15, 0.2) is 6.20 Å². The van der Waals surface area contributed by atoms with Gasteiger partial charge in [0.25, 0.3) is 0 Å². The molecule has 1 aromatic rings. The highest BCUT2D eigenvalue weighted by molar-refractivity contribution is 7.15. The molecule has 0 fully saturated rings. The molecule has 6 heteroatoms. The van der Waals surface area contributed by atoms with Gasteiger partial charge in [-0.25, -0.2) is 4.98 Å². The van der Waals surface area contributed by atoms with Gasteiger partial charge in [0.1, 0.15) is 0 Å². The van der Waals surface area contributed by atoms with Gasteiger partial charge in [0.05, 0.1) is 13.2 Å². The Morgan fingerprint density at radius 2 is 2.44 bits per heavy atom. The van der Waals surface area contributed by atoms with Crippen molar-refractivity contribution in [2.75, 3.05) is 32.1 Å². The number of anilines is 1. The number of nitrogens with zero attached hydrogens (tertiary/aromatic N) is 1. The van der Waals surface area contributed by atoms with E-state index in [-0.39, 0.29) is 12.5 Å². The number of hydrogen-bond donors (Lipinski definition) is 2. The van der Waals surface area contributed by atoms with Crippen LogP contribution in [0.4, 0.5) is 5.13 Å². The zero-order chi connectivity index (χ0) is 11.8. The molecule has 1 rings (SSSR count). The lowest BCUT2D eigenvalue weighted by molar-refractivity contribution is -0.115. The van der Waals surface area contributed by atoms with Gasteiger partial charge in [-0.05, 0) is 6.42 Å². The van der Waals surface area contributed by atoms with Gasteiger partial charge in [-0.15, -0.1) is 11.3 Å². The second-order valence-electron chi connectivity index (χ2n) is 3.20. The minimum absolute atomic E-state index is 0.0758. The normalized spacial score (nSPS) is 10.4. The van der Waals surface area contributed by atoms with E-state index in [4.69, 9.17) is 4.74 Å². The van der Waals surface area contributed by atoms with Crippen molar-refractivity contribution in [3.63, 3.8) is 0 Å². The molecule has 0 atom stereocenters. The molecule has 0 aliphatic carbocycles. The molecule has 0 saturated heterocycles. The van der Waals surface area contributed by atoms with Crippen molar-refractivity contribution in [1.29, 1.82) is 0 Å². The summed E-state index contributed by atoms with van der Waals surface area (Å²) >= 11 is 1.51. The maximum absolute atomic E-state index is 11.4. The molecular weight excluding hydrogens is 226 g/mol. The van der Waals surface area contributed by atoms with Crippen LogP contribution in [0.5, 0.6) is 0 Å². The lowest BCUT2D eigenvalue weighted by atomic mass is 10.4. The van der Waals surface area contributed by atoms with Crippen LogP contribution in [0.3, 0.4) is 0 Å². The summed E-state index contributed by atoms with van der Waals surface area (Å²) < 4.78 is 4.86. The molecule has 5 nitrogen and oxygen atoms in total. The molecule has 0 unspecified atom stereocenters. The number of thiazole rings is 1. The van der Waals surface area contributed by atoms with E-state index >= 15 is 0 Å². The largest absolute Gasteiger partial charge is 0.383 e. The maximum Gasteiger partial charge on any atom is 0.240 e. The number of aryl methyl sites for hydroxylation is 1. The van der Waals surface area contributed by atoms with Gasteiger partial charge >= 0.3 is 0 Å². The summed E-state index contributed by atoms with van der Waals surface area (Å²) in [5, 5.41) is 6.37. The van der Waals surface area contributed by atoms with Crippen molar-refractivity contribution < 1.29 is 9.53 Å². The van der Waals surface area contributed by atoms with Gasteiger partial charge in [-0.1, -0.05) is 6.92 Å². The van der Waals surface area contributed by atoms with Gasteiger partial charge < -0.3 is 15.4 Å². The van der Waals surface area contributed by atoms with E-state index in [1.807, 2.05) is 0 Å². The summed E-state index contributed by atoms with van der Waals surface area (Å²) in [7, 11) is 1.63. The van der Waals surface area contributed by atoms with Crippen molar-refractivity contribution in [3.05, 3.63) is 11.1 Å². The molecule has 0 radical (unpaired) electrons. The standard InChI is InChI=1S/C10H17N3O2S/c1-3-8-6-12-10(16-8)13-9(14)7-11-4-5-15-2/h6,11H,3-5,7H2,1-2H3,(H,12,13,14). The van der Waals surface area contributed by atoms with E-state index in [9.17, 15) is 4.79 Å². The second kappa shape index (κ2) is 7.32. The third-order valence-corrected chi connectivity index (χ3v) is 2.97. The van der Waals surface area contributed by atoms with Gasteiger partial charge in [-0.3, -0.25) is 4.79 Å². The summed E-state index contributed by atoms with van der Waals surface area (Å²) in [6, 6.07) is 0. The fraction of sp³-hybridized carbons (Fsp3) is 0.600. The van der Waals surface area contributed by atoms with Gasteiger partial charge in [0.15, 0.2) is 5.13 Å². The van der Waals surface area contributed by atoms with E-state index in [1.165, 1.54) is 16.2 Å². The van der Waals surface area contributed by atoms with E-state index < -0.39 is 0 Å². The first-order chi connectivity index (χ1) is 7.76. The van der Waals surface area contributed by atoms with Crippen molar-refractivity contribution in [1.82, 2.24) is 10.3 Å². The topological polar surface area (TPSA) is 63.2 Å². The van der Waals surface area contributed by atoms with E-state index in [0.29, 0.717) is 18.3 Å². The first-order valence-corrected chi connectivity index (χ1v) is 6.02. The first kappa shape index (κ1) is 13.1. The summed E-state index contributed by atoms with van der Waals surface area (Å²) in [5.41, 5.74) is 0. The van der Waals surface area contributed by atoms with Crippen LogP contribution in [0.2, 0.25) is 0 Å². The molecule has 0 aliphatic rings. The Bertz CT molecular complexity index is 328. The van der Waals surface area contributed by atoms with Crippen molar-refractivity contribution >= 4 is 22.4 Å². The highest BCUT2D eigenvalue weighted by atomic mass is 32.1. The zero-order valence-electron chi connectivity index (χ0n) is 9.58. The van der Waals surface area contributed by atoms with Crippen LogP contribution < -0.4 is 10.6 Å². The molecule has 0 spiro atoms. The van der Waals surface area contributed by atoms with E-state index in [0.717, 1.165) is 6.42 Å². The second-order valence-corrected chi connectivity index (χ2v) is 4.32. The van der Waals surface area contributed by atoms with Crippen molar-refractivity contribution in [2.24, 2.45) is 0 Å². The Hall–Kier alpha value is -0.980. The van der Waals surface area contributed by atoms with Gasteiger partial charge in [0.2, 0.25) is 5.91 Å². The number of aromatic nitrogens is 1. The summed E-state index contributed by atoms with van der Waals surface area (Å²) in [6.07, 6.45) is 2.73. The lowest BCUT2D eigenvalue weighted by Gasteiger charge is -2.03. The Morgan fingerprint density at radius 3 is 3.06 bits per heavy atom. The van der Waals surface area contributed by atoms with Crippen LogP contribution in [0.1, 0.15) is 11.8 Å². The maximum atomic E-state index is 11.4. The Labute approximate surface area is 99.2 Å². The summed E-state index contributed by atoms with van der Waals surface area (Å²) in [6.45, 7) is 3.61. The molecule has 0 saturated carbocycles. The molecule has 0 aromatic carbocycles. The fourth-order valence-corrected chi connectivity index (χ4v) is 1.84. The molecule has 16 heavy (non-hydrogen) atoms. The highest BCUT2D eigenvalue weighted by Gasteiger charge is 2.05. The minimum Gasteiger partial charge on any atom is -0.383 e. The quantitative estimate of drug-likeness (QED) is 0.698. The van der Waals surface area contributed by atoms with Crippen LogP contribution in [0, 0.1) is 0 Å². The van der Waals surface area contributed by atoms with E-state index in [2.05, 4.69) is 22.5 Å². The predicted molar refractivity (Wildman–Crippen MR) is 64.9 cm³/mol. The third kappa shape index (κ3) is 4.69. The minimum atomic E-state index is -0.0758. The molecule has 90 valence electrons. The van der Waals surface area contributed by atoms with Crippen molar-refractivity contribution in [2.45, 2.75) is 13.3 Å². The van der Waals surface area contributed by atoms with E-state index in [1.54, 1.807) is 13.3 Å². The Balaban J connectivity index is 2.23. The monoisotopic (exact) mass is 243 g/mol. The summed E-state index contributed by atoms with van der Waals surface area (Å²) in [4.78, 5) is 16.7. The molecular formula is C10H17N3O2S. The molecule has 1 heterocycles. The number of ether oxygens (including phenoxy) is 1. The number of carbonyl (C=O) groups excluding carboxylic acids is 1. The number of rotatable bonds is 7. The zero-order valence-corrected chi connectivity index (χ0v) is 10.4. The van der Waals surface area contributed by atoms with Crippen LogP contribution in [-0.4, -0.2) is 37.7 Å². The number of amides is 1. The number of hydrogen-bond acceptors (Lipinski definition) is 5. The average molecular weight is 243 g/mol. The lowest BCUT2D eigenvalue weighted by Crippen LogP contribution is -2.30.